The second-order valence-corrected chi connectivity index (χ2v) is 6.42. The minimum atomic E-state index is 0.424. The van der Waals surface area contributed by atoms with E-state index in [9.17, 15) is 0 Å². The summed E-state index contributed by atoms with van der Waals surface area (Å²) >= 11 is 0. The Bertz CT molecular complexity index is 939. The average Bonchev–Trinajstić information content (AvgIpc) is 3.22. The zero-order valence-electron chi connectivity index (χ0n) is 17.0. The lowest BCUT2D eigenvalue weighted by molar-refractivity contribution is 0.409. The van der Waals surface area contributed by atoms with Crippen LogP contribution in [0, 0.1) is 6.92 Å². The molecule has 2 heterocycles. The first-order valence-electron chi connectivity index (χ1n) is 9.59. The summed E-state index contributed by atoms with van der Waals surface area (Å²) in [4.78, 5) is 13.3. The number of nitrogens with zero attached hydrogens (tertiary/aromatic N) is 4. The maximum absolute atomic E-state index is 5.45. The van der Waals surface area contributed by atoms with Crippen molar-refractivity contribution in [3.8, 4) is 17.3 Å². The van der Waals surface area contributed by atoms with Crippen LogP contribution >= 0.6 is 0 Å². The minimum Gasteiger partial charge on any atom is -0.496 e. The third-order valence-electron chi connectivity index (χ3n) is 4.19. The molecule has 2 N–H and O–H groups in total. The van der Waals surface area contributed by atoms with Crippen LogP contribution in [0.3, 0.4) is 0 Å². The first-order chi connectivity index (χ1) is 14.2. The summed E-state index contributed by atoms with van der Waals surface area (Å²) in [6.07, 6.45) is 2.30. The Morgan fingerprint density at radius 1 is 1.21 bits per heavy atom. The lowest BCUT2D eigenvalue weighted by atomic mass is 10.1. The van der Waals surface area contributed by atoms with Gasteiger partial charge in [-0.15, -0.1) is 0 Å². The van der Waals surface area contributed by atoms with Crippen LogP contribution in [0.1, 0.15) is 23.9 Å². The first kappa shape index (κ1) is 20.3. The molecular weight excluding hydrogens is 368 g/mol. The van der Waals surface area contributed by atoms with Gasteiger partial charge in [0.1, 0.15) is 11.4 Å². The number of aryl methyl sites for hydroxylation is 1. The normalized spacial score (nSPS) is 11.3. The van der Waals surface area contributed by atoms with Crippen molar-refractivity contribution in [2.45, 2.75) is 26.8 Å². The molecule has 0 saturated carbocycles. The van der Waals surface area contributed by atoms with Gasteiger partial charge in [-0.1, -0.05) is 23.4 Å². The quantitative estimate of drug-likeness (QED) is 0.448. The molecular formula is C21H26N6O2. The van der Waals surface area contributed by atoms with Gasteiger partial charge in [-0.25, -0.2) is 4.99 Å². The summed E-state index contributed by atoms with van der Waals surface area (Å²) in [6, 6.07) is 11.7. The van der Waals surface area contributed by atoms with Gasteiger partial charge in [-0.05, 0) is 37.6 Å². The lowest BCUT2D eigenvalue weighted by Crippen LogP contribution is -2.38. The molecule has 8 heteroatoms. The second kappa shape index (κ2) is 10.2. The van der Waals surface area contributed by atoms with Crippen molar-refractivity contribution in [1.82, 2.24) is 25.8 Å². The molecule has 1 aromatic carbocycles. The number of hydrogen-bond donors (Lipinski definition) is 2. The Morgan fingerprint density at radius 3 is 2.86 bits per heavy atom. The van der Waals surface area contributed by atoms with Gasteiger partial charge < -0.3 is 19.9 Å². The highest BCUT2D eigenvalue weighted by Crippen LogP contribution is 2.20. The summed E-state index contributed by atoms with van der Waals surface area (Å²) in [5.41, 5.74) is 2.86. The van der Waals surface area contributed by atoms with E-state index in [1.54, 1.807) is 13.3 Å². The number of benzene rings is 1. The summed E-state index contributed by atoms with van der Waals surface area (Å²) in [5, 5.41) is 10.6. The zero-order valence-corrected chi connectivity index (χ0v) is 17.0. The van der Waals surface area contributed by atoms with Crippen LogP contribution < -0.4 is 15.4 Å². The Morgan fingerprint density at radius 2 is 2.10 bits per heavy atom. The molecule has 0 radical (unpaired) electrons. The highest BCUT2D eigenvalue weighted by Gasteiger charge is 2.10. The number of nitrogens with one attached hydrogen (secondary N) is 2. The first-order valence-corrected chi connectivity index (χ1v) is 9.59. The lowest BCUT2D eigenvalue weighted by Gasteiger charge is -2.12. The van der Waals surface area contributed by atoms with Crippen LogP contribution in [-0.4, -0.2) is 41.3 Å². The van der Waals surface area contributed by atoms with Crippen LogP contribution in [0.4, 0.5) is 0 Å². The third kappa shape index (κ3) is 5.78. The van der Waals surface area contributed by atoms with Gasteiger partial charge in [-0.2, -0.15) is 4.98 Å². The van der Waals surface area contributed by atoms with E-state index in [4.69, 9.17) is 9.26 Å². The number of methoxy groups -OCH3 is 1. The Kier molecular flexibility index (Phi) is 7.16. The van der Waals surface area contributed by atoms with Crippen LogP contribution in [0.25, 0.3) is 11.6 Å². The minimum absolute atomic E-state index is 0.424. The molecule has 3 aromatic rings. The molecule has 0 atom stereocenters. The van der Waals surface area contributed by atoms with Crippen LogP contribution in [0.5, 0.6) is 5.75 Å². The molecule has 3 rings (SSSR count). The van der Waals surface area contributed by atoms with E-state index >= 15 is 0 Å². The maximum Gasteiger partial charge on any atom is 0.276 e. The van der Waals surface area contributed by atoms with Crippen molar-refractivity contribution in [1.29, 1.82) is 0 Å². The third-order valence-corrected chi connectivity index (χ3v) is 4.19. The molecule has 0 fully saturated rings. The predicted molar refractivity (Wildman–Crippen MR) is 112 cm³/mol. The summed E-state index contributed by atoms with van der Waals surface area (Å²) in [5.74, 6) is 2.61. The number of pyridine rings is 1. The van der Waals surface area contributed by atoms with E-state index in [1.807, 2.05) is 44.2 Å². The highest BCUT2D eigenvalue weighted by atomic mass is 16.5. The molecule has 8 nitrogen and oxygen atoms in total. The van der Waals surface area contributed by atoms with Gasteiger partial charge in [0, 0.05) is 31.3 Å². The fourth-order valence-corrected chi connectivity index (χ4v) is 2.73. The SMILES string of the molecule is CCNC(=NCc1ccc(C)cc1OC)NCCc1noc(-c2ccccn2)n1. The second-order valence-electron chi connectivity index (χ2n) is 6.42. The van der Waals surface area contributed by atoms with Crippen molar-refractivity contribution < 1.29 is 9.26 Å². The number of aromatic nitrogens is 3. The number of aliphatic imine (C=N–C) groups is 1. The van der Waals surface area contributed by atoms with Gasteiger partial charge in [0.2, 0.25) is 0 Å². The molecule has 0 bridgehead atoms. The van der Waals surface area contributed by atoms with Gasteiger partial charge in [-0.3, -0.25) is 4.98 Å². The number of hydrogen-bond acceptors (Lipinski definition) is 6. The fraction of sp³-hybridized carbons (Fsp3) is 0.333. The molecule has 0 unspecified atom stereocenters. The Labute approximate surface area is 170 Å². The number of rotatable bonds is 8. The monoisotopic (exact) mass is 394 g/mol. The van der Waals surface area contributed by atoms with E-state index in [-0.39, 0.29) is 0 Å². The summed E-state index contributed by atoms with van der Waals surface area (Å²) in [6.45, 7) is 5.98. The Hall–Kier alpha value is -3.42. The van der Waals surface area contributed by atoms with Gasteiger partial charge in [0.15, 0.2) is 11.8 Å². The van der Waals surface area contributed by atoms with Gasteiger partial charge in [0.05, 0.1) is 13.7 Å². The summed E-state index contributed by atoms with van der Waals surface area (Å²) in [7, 11) is 1.68. The zero-order chi connectivity index (χ0) is 20.5. The van der Waals surface area contributed by atoms with Crippen molar-refractivity contribution >= 4 is 5.96 Å². The predicted octanol–water partition coefficient (Wildman–Crippen LogP) is 2.75. The molecule has 0 spiro atoms. The molecule has 152 valence electrons. The van der Waals surface area contributed by atoms with Crippen molar-refractivity contribution in [3.63, 3.8) is 0 Å². The molecule has 2 aromatic heterocycles. The topological polar surface area (TPSA) is 97.5 Å². The molecule has 0 saturated heterocycles. The summed E-state index contributed by atoms with van der Waals surface area (Å²) < 4.78 is 10.7. The van der Waals surface area contributed by atoms with E-state index in [1.165, 1.54) is 0 Å². The van der Waals surface area contributed by atoms with E-state index in [2.05, 4.69) is 36.8 Å². The fourth-order valence-electron chi connectivity index (χ4n) is 2.73. The largest absolute Gasteiger partial charge is 0.496 e. The maximum atomic E-state index is 5.45. The number of ether oxygens (including phenoxy) is 1. The van der Waals surface area contributed by atoms with Gasteiger partial charge >= 0.3 is 0 Å². The van der Waals surface area contributed by atoms with E-state index in [0.717, 1.165) is 29.4 Å². The molecule has 0 aliphatic heterocycles. The van der Waals surface area contributed by atoms with Crippen molar-refractivity contribution in [2.24, 2.45) is 4.99 Å². The molecule has 0 aliphatic carbocycles. The molecule has 0 aliphatic rings. The standard InChI is InChI=1S/C21H26N6O2/c1-4-22-21(25-14-16-9-8-15(2)13-18(16)28-3)24-12-10-19-26-20(29-27-19)17-7-5-6-11-23-17/h5-9,11,13H,4,10,12,14H2,1-3H3,(H2,22,24,25). The smallest absolute Gasteiger partial charge is 0.276 e. The van der Waals surface area contributed by atoms with Crippen molar-refractivity contribution in [3.05, 3.63) is 59.5 Å². The van der Waals surface area contributed by atoms with E-state index in [0.29, 0.717) is 36.9 Å². The van der Waals surface area contributed by atoms with Crippen molar-refractivity contribution in [2.75, 3.05) is 20.2 Å². The Balaban J connectivity index is 1.57. The highest BCUT2D eigenvalue weighted by molar-refractivity contribution is 5.79. The van der Waals surface area contributed by atoms with Crippen LogP contribution in [0.15, 0.2) is 52.1 Å². The van der Waals surface area contributed by atoms with E-state index < -0.39 is 0 Å². The van der Waals surface area contributed by atoms with Crippen LogP contribution in [-0.2, 0) is 13.0 Å². The van der Waals surface area contributed by atoms with Crippen LogP contribution in [0.2, 0.25) is 0 Å². The van der Waals surface area contributed by atoms with Gasteiger partial charge in [0.25, 0.3) is 5.89 Å². The number of guanidine groups is 1. The molecule has 0 amide bonds. The average molecular weight is 394 g/mol. The molecule has 29 heavy (non-hydrogen) atoms.